The Balaban J connectivity index is 1.68. The second-order valence-corrected chi connectivity index (χ2v) is 3.90. The number of rotatable bonds is 5. The van der Waals surface area contributed by atoms with E-state index in [1.165, 1.54) is 5.92 Å². The summed E-state index contributed by atoms with van der Waals surface area (Å²) < 4.78 is 0. The van der Waals surface area contributed by atoms with Crippen molar-refractivity contribution in [1.82, 2.24) is 0 Å². The smallest absolute Gasteiger partial charge is 0.124 e. The van der Waals surface area contributed by atoms with Crippen molar-refractivity contribution in [2.45, 2.75) is 19.3 Å². The van der Waals surface area contributed by atoms with Gasteiger partial charge in [0, 0.05) is 11.5 Å². The number of hydrogen-bond donors (Lipinski definition) is 0. The Morgan fingerprint density at radius 2 is 1.62 bits per heavy atom. The molecule has 0 N–H and O–H groups in total. The van der Waals surface area contributed by atoms with Gasteiger partial charge < -0.3 is 0 Å². The van der Waals surface area contributed by atoms with Gasteiger partial charge in [-0.15, -0.1) is 0 Å². The van der Waals surface area contributed by atoms with Gasteiger partial charge in [-0.2, -0.15) is 0 Å². The molecular formula is C15H14O. The van der Waals surface area contributed by atoms with Crippen LogP contribution in [0, 0.1) is 63.2 Å². The maximum Gasteiger partial charge on any atom is 0.124 e. The quantitative estimate of drug-likeness (QED) is 0.638. The fourth-order valence-electron chi connectivity index (χ4n) is 1.88. The van der Waals surface area contributed by atoms with Crippen LogP contribution in [0.25, 0.3) is 0 Å². The predicted molar refractivity (Wildman–Crippen MR) is 63.9 cm³/mol. The molecule has 0 unspecified atom stereocenters. The van der Waals surface area contributed by atoms with Crippen molar-refractivity contribution >= 4 is 5.94 Å². The highest BCUT2D eigenvalue weighted by Crippen LogP contribution is 2.33. The van der Waals surface area contributed by atoms with E-state index in [0.717, 1.165) is 30.8 Å². The molecule has 0 atom stereocenters. The minimum atomic E-state index is 0.788. The van der Waals surface area contributed by atoms with Crippen LogP contribution < -0.4 is 0 Å². The van der Waals surface area contributed by atoms with Crippen molar-refractivity contribution in [3.05, 3.63) is 68.8 Å². The average Bonchev–Trinajstić information content (AvgIpc) is 2.96. The first kappa shape index (κ1) is 11.9. The lowest BCUT2D eigenvalue weighted by Gasteiger charge is -2.11. The lowest BCUT2D eigenvalue weighted by molar-refractivity contribution is 0.565. The molecule has 1 heteroatoms. The summed E-state index contributed by atoms with van der Waals surface area (Å²) in [5.41, 5.74) is 0.788. The van der Waals surface area contributed by atoms with Crippen molar-refractivity contribution < 1.29 is 4.79 Å². The molecule has 0 saturated heterocycles. The summed E-state index contributed by atoms with van der Waals surface area (Å²) in [4.78, 5) is 10.8. The first-order chi connectivity index (χ1) is 7.90. The molecule has 0 aromatic carbocycles. The largest absolute Gasteiger partial charge is 0.234 e. The maximum atomic E-state index is 10.8. The van der Waals surface area contributed by atoms with E-state index in [1.807, 2.05) is 38.5 Å². The standard InChI is InChI=1S/C15H14O/c16-12-15(14-9-3-4-10-14)11-5-8-13-6-1-2-7-13/h1-4,6-7,9-10H,5,8,11H2. The number of allylic oxidation sites excluding steroid dienone is 1. The van der Waals surface area contributed by atoms with Crippen molar-refractivity contribution in [3.8, 4) is 0 Å². The van der Waals surface area contributed by atoms with Crippen LogP contribution in [-0.2, 0) is 4.79 Å². The molecule has 16 heavy (non-hydrogen) atoms. The molecule has 0 aromatic rings. The minimum absolute atomic E-state index is 0.788. The summed E-state index contributed by atoms with van der Waals surface area (Å²) in [5, 5.41) is 0. The molecule has 0 heterocycles. The lowest BCUT2D eigenvalue weighted by Crippen LogP contribution is -2.00. The van der Waals surface area contributed by atoms with E-state index in [1.54, 1.807) is 0 Å². The van der Waals surface area contributed by atoms with Gasteiger partial charge in [0.05, 0.1) is 0 Å². The molecule has 2 fully saturated rings. The summed E-state index contributed by atoms with van der Waals surface area (Å²) in [5.74, 6) is 4.40. The van der Waals surface area contributed by atoms with Gasteiger partial charge in [-0.25, -0.2) is 4.79 Å². The zero-order valence-corrected chi connectivity index (χ0v) is 9.15. The van der Waals surface area contributed by atoms with Crippen LogP contribution in [0.1, 0.15) is 19.3 Å². The van der Waals surface area contributed by atoms with Crippen molar-refractivity contribution in [1.29, 1.82) is 0 Å². The van der Waals surface area contributed by atoms with Crippen LogP contribution in [0.15, 0.2) is 5.57 Å². The lowest BCUT2D eigenvalue weighted by atomic mass is 9.92. The van der Waals surface area contributed by atoms with Gasteiger partial charge in [0.25, 0.3) is 0 Å². The molecule has 10 radical (unpaired) electrons. The summed E-state index contributed by atoms with van der Waals surface area (Å²) in [6.07, 6.45) is 19.0. The zero-order valence-electron chi connectivity index (χ0n) is 9.15. The third-order valence-electron chi connectivity index (χ3n) is 2.76. The van der Waals surface area contributed by atoms with E-state index in [-0.39, 0.29) is 0 Å². The van der Waals surface area contributed by atoms with Crippen molar-refractivity contribution in [2.75, 3.05) is 0 Å². The third kappa shape index (κ3) is 3.22. The Hall–Kier alpha value is -0.550. The minimum Gasteiger partial charge on any atom is -0.234 e. The molecule has 80 valence electrons. The molecule has 0 aromatic heterocycles. The van der Waals surface area contributed by atoms with Gasteiger partial charge in [0.15, 0.2) is 0 Å². The summed E-state index contributed by atoms with van der Waals surface area (Å²) in [6.45, 7) is 0. The molecular weight excluding hydrogens is 196 g/mol. The van der Waals surface area contributed by atoms with Gasteiger partial charge in [0.1, 0.15) is 5.94 Å². The fraction of sp³-hybridized carbons (Fsp3) is 0.200. The molecule has 2 aliphatic carbocycles. The molecule has 2 rings (SSSR count). The first-order valence-corrected chi connectivity index (χ1v) is 5.57. The molecule has 0 aliphatic heterocycles. The van der Waals surface area contributed by atoms with Crippen molar-refractivity contribution in [3.63, 3.8) is 0 Å². The second-order valence-electron chi connectivity index (χ2n) is 3.90. The van der Waals surface area contributed by atoms with Crippen LogP contribution in [0.2, 0.25) is 0 Å². The Morgan fingerprint density at radius 3 is 2.25 bits per heavy atom. The molecule has 0 spiro atoms. The van der Waals surface area contributed by atoms with Crippen LogP contribution >= 0.6 is 0 Å². The molecule has 1 nitrogen and oxygen atoms in total. The van der Waals surface area contributed by atoms with Crippen LogP contribution in [0.5, 0.6) is 0 Å². The van der Waals surface area contributed by atoms with E-state index in [0.29, 0.717) is 0 Å². The average molecular weight is 210 g/mol. The Morgan fingerprint density at radius 1 is 1.00 bits per heavy atom. The summed E-state index contributed by atoms with van der Waals surface area (Å²) in [7, 11) is 0. The van der Waals surface area contributed by atoms with Crippen molar-refractivity contribution in [2.24, 2.45) is 0 Å². The number of hydrogen-bond acceptors (Lipinski definition) is 1. The summed E-state index contributed by atoms with van der Waals surface area (Å²) in [6, 6.07) is 0. The molecule has 0 bridgehead atoms. The zero-order chi connectivity index (χ0) is 11.2. The summed E-state index contributed by atoms with van der Waals surface area (Å²) >= 11 is 0. The van der Waals surface area contributed by atoms with Gasteiger partial charge >= 0.3 is 0 Å². The first-order valence-electron chi connectivity index (χ1n) is 5.57. The SMILES string of the molecule is O=C=C(CCC[C]1[CH][CH][CH][CH]1)[C]1[CH][CH][CH][CH]1. The molecule has 0 amide bonds. The second kappa shape index (κ2) is 6.25. The van der Waals surface area contributed by atoms with Gasteiger partial charge in [-0.05, 0) is 76.5 Å². The maximum absolute atomic E-state index is 10.8. The normalized spacial score (nSPS) is 22.5. The van der Waals surface area contributed by atoms with E-state index < -0.39 is 0 Å². The fourth-order valence-corrected chi connectivity index (χ4v) is 1.88. The highest BCUT2D eigenvalue weighted by atomic mass is 16.1. The highest BCUT2D eigenvalue weighted by Gasteiger charge is 2.22. The highest BCUT2D eigenvalue weighted by molar-refractivity contribution is 5.65. The Bertz CT molecular complexity index is 251. The van der Waals surface area contributed by atoms with Gasteiger partial charge in [0.2, 0.25) is 0 Å². The Kier molecular flexibility index (Phi) is 4.66. The van der Waals surface area contributed by atoms with Crippen LogP contribution in [0.4, 0.5) is 0 Å². The molecule has 2 saturated carbocycles. The topological polar surface area (TPSA) is 17.1 Å². The van der Waals surface area contributed by atoms with Gasteiger partial charge in [-0.1, -0.05) is 0 Å². The Labute approximate surface area is 99.3 Å². The van der Waals surface area contributed by atoms with E-state index in [4.69, 9.17) is 0 Å². The number of carbonyl (C=O) groups excluding carboxylic acids is 1. The van der Waals surface area contributed by atoms with Crippen LogP contribution in [0.3, 0.4) is 0 Å². The van der Waals surface area contributed by atoms with E-state index >= 15 is 0 Å². The third-order valence-corrected chi connectivity index (χ3v) is 2.76. The molecule has 2 aliphatic rings. The predicted octanol–water partition coefficient (Wildman–Crippen LogP) is 2.73. The van der Waals surface area contributed by atoms with E-state index in [9.17, 15) is 4.79 Å². The monoisotopic (exact) mass is 210 g/mol. The van der Waals surface area contributed by atoms with Gasteiger partial charge in [-0.3, -0.25) is 0 Å². The van der Waals surface area contributed by atoms with E-state index in [2.05, 4.69) is 18.8 Å². The van der Waals surface area contributed by atoms with Crippen LogP contribution in [-0.4, -0.2) is 5.94 Å².